The molecular weight excluding hydrogens is 1250 g/mol. The van der Waals surface area contributed by atoms with E-state index in [-0.39, 0.29) is 72.1 Å². The third kappa shape index (κ3) is 22.0. The van der Waals surface area contributed by atoms with E-state index in [2.05, 4.69) is 36.6 Å². The normalized spacial score (nSPS) is 19.0. The molecule has 21 nitrogen and oxygen atoms in total. The second-order valence-corrected chi connectivity index (χ2v) is 25.2. The fraction of sp³-hybridized carbons (Fsp3) is 0.441. The molecule has 6 aliphatic heterocycles. The number of carbonyl (C=O) groups excluding carboxylic acids is 6. The number of phenolic OH excluding ortho intramolecular Hbond substituents is 1. The van der Waals surface area contributed by atoms with Crippen molar-refractivity contribution in [1.82, 2.24) is 36.6 Å². The Labute approximate surface area is 534 Å². The highest BCUT2D eigenvalue weighted by atomic mass is 35.5. The summed E-state index contributed by atoms with van der Waals surface area (Å²) in [6.07, 6.45) is 10.9. The number of nitrogens with zero attached hydrogens (tertiary/aromatic N) is 6. The number of rotatable bonds is 12. The summed E-state index contributed by atoms with van der Waals surface area (Å²) in [4.78, 5) is 87.7. The second-order valence-electron chi connectivity index (χ2n) is 22.2. The number of phenols is 1. The molecule has 4 amide bonds. The predicted octanol–water partition coefficient (Wildman–Crippen LogP) is 9.86. The van der Waals surface area contributed by atoms with Crippen LogP contribution < -0.4 is 36.8 Å². The fourth-order valence-electron chi connectivity index (χ4n) is 8.69. The van der Waals surface area contributed by atoms with Crippen LogP contribution in [-0.4, -0.2) is 128 Å². The molecule has 88 heavy (non-hydrogen) atoms. The molecule has 9 rings (SSSR count). The van der Waals surface area contributed by atoms with Gasteiger partial charge in [-0.1, -0.05) is 27.7 Å². The molecule has 0 spiro atoms. The van der Waals surface area contributed by atoms with Crippen molar-refractivity contribution in [2.45, 2.75) is 118 Å². The highest BCUT2D eigenvalue weighted by Gasteiger charge is 2.32. The van der Waals surface area contributed by atoms with Crippen molar-refractivity contribution < 1.29 is 61.3 Å². The van der Waals surface area contributed by atoms with Crippen LogP contribution in [0.1, 0.15) is 117 Å². The average molecular weight is 1320 g/mol. The number of halogens is 5. The molecule has 0 aliphatic carbocycles. The third-order valence-corrected chi connectivity index (χ3v) is 15.8. The van der Waals surface area contributed by atoms with Crippen molar-refractivity contribution in [1.29, 1.82) is 0 Å². The number of thioether (sulfide) groups is 3. The minimum absolute atomic E-state index is 0. The van der Waals surface area contributed by atoms with E-state index in [4.69, 9.17) is 19.9 Å². The highest BCUT2D eigenvalue weighted by Crippen LogP contribution is 2.36. The summed E-state index contributed by atoms with van der Waals surface area (Å²) in [5, 5.41) is 19.6. The number of benzene rings is 3. The van der Waals surface area contributed by atoms with E-state index in [1.807, 2.05) is 42.7 Å². The van der Waals surface area contributed by atoms with Crippen LogP contribution in [0, 0.1) is 29.3 Å². The van der Waals surface area contributed by atoms with Crippen LogP contribution in [0.15, 0.2) is 84.3 Å². The topological polar surface area (TPSA) is 271 Å². The molecule has 0 saturated carbocycles. The molecule has 478 valence electrons. The Morgan fingerprint density at radius 1 is 0.614 bits per heavy atom. The van der Waals surface area contributed by atoms with Crippen molar-refractivity contribution in [3.8, 4) is 17.2 Å². The van der Waals surface area contributed by atoms with Crippen molar-refractivity contribution in [2.75, 3.05) is 39.3 Å². The zero-order valence-electron chi connectivity index (χ0n) is 49.7. The van der Waals surface area contributed by atoms with Gasteiger partial charge in [0.2, 0.25) is 0 Å². The Morgan fingerprint density at radius 2 is 0.989 bits per heavy atom. The van der Waals surface area contributed by atoms with Gasteiger partial charge in [0.1, 0.15) is 52.4 Å². The Balaban J connectivity index is 0.000000245. The van der Waals surface area contributed by atoms with Crippen LogP contribution in [0.5, 0.6) is 17.2 Å². The van der Waals surface area contributed by atoms with E-state index in [0.29, 0.717) is 53.3 Å². The molecule has 0 aromatic heterocycles. The van der Waals surface area contributed by atoms with E-state index >= 15 is 0 Å². The molecule has 7 N–H and O–H groups in total. The smallest absolute Gasteiger partial charge is 0.408 e. The Hall–Kier alpha value is -6.43. The summed E-state index contributed by atoms with van der Waals surface area (Å²) in [7, 11) is 0. The Kier molecular flexibility index (Phi) is 27.9. The Morgan fingerprint density at radius 3 is 1.35 bits per heavy atom. The number of carbonyl (C=O) groups is 6. The Bertz CT molecular complexity index is 3220. The fourth-order valence-corrected chi connectivity index (χ4v) is 11.4. The van der Waals surface area contributed by atoms with Crippen molar-refractivity contribution in [2.24, 2.45) is 32.5 Å². The van der Waals surface area contributed by atoms with Crippen LogP contribution in [0.3, 0.4) is 0 Å². The molecule has 6 heterocycles. The lowest BCUT2D eigenvalue weighted by atomic mass is 10.0. The molecule has 0 radical (unpaired) electrons. The van der Waals surface area contributed by atoms with Crippen LogP contribution >= 0.6 is 60.1 Å². The van der Waals surface area contributed by atoms with Crippen LogP contribution in [0.4, 0.5) is 18.0 Å². The molecule has 3 aromatic carbocycles. The van der Waals surface area contributed by atoms with Crippen molar-refractivity contribution >= 4 is 130 Å². The summed E-state index contributed by atoms with van der Waals surface area (Å²) >= 11 is 3.68. The largest absolute Gasteiger partial charge is 0.507 e. The van der Waals surface area contributed by atoms with Gasteiger partial charge in [0, 0.05) is 74.2 Å². The van der Waals surface area contributed by atoms with Gasteiger partial charge < -0.3 is 30.4 Å². The minimum Gasteiger partial charge on any atom is -0.507 e. The summed E-state index contributed by atoms with van der Waals surface area (Å²) < 4.78 is 56.9. The lowest BCUT2D eigenvalue weighted by molar-refractivity contribution is -0.137. The average Bonchev–Trinajstić information content (AvgIpc) is 4.38. The van der Waals surface area contributed by atoms with E-state index in [1.165, 1.54) is 83.8 Å². The van der Waals surface area contributed by atoms with E-state index in [9.17, 15) is 47.0 Å². The van der Waals surface area contributed by atoms with Gasteiger partial charge >= 0.3 is 18.0 Å². The zero-order chi connectivity index (χ0) is 62.2. The van der Waals surface area contributed by atoms with E-state index < -0.39 is 59.1 Å². The molecular formula is C59H74Cl2F3N11O10S3. The van der Waals surface area contributed by atoms with Crippen LogP contribution in [0.2, 0.25) is 0 Å². The molecule has 2 atom stereocenters. The van der Waals surface area contributed by atoms with Crippen LogP contribution in [-0.2, 0) is 28.7 Å². The number of amidine groups is 3. The first-order valence-electron chi connectivity index (χ1n) is 28.2. The molecule has 3 aromatic rings. The van der Waals surface area contributed by atoms with Gasteiger partial charge in [-0.05, 0) is 174 Å². The van der Waals surface area contributed by atoms with Gasteiger partial charge in [-0.3, -0.25) is 29.4 Å². The maximum Gasteiger partial charge on any atom is 0.408 e. The molecule has 0 unspecified atom stereocenters. The number of alkyl carbamates (subject to hydrolysis) is 1. The summed E-state index contributed by atoms with van der Waals surface area (Å²) in [5.41, 5.74) is 15.9. The highest BCUT2D eigenvalue weighted by molar-refractivity contribution is 8.19. The maximum absolute atomic E-state index is 14.1. The first kappa shape index (κ1) is 72.3. The molecule has 3 saturated heterocycles. The molecule has 3 fully saturated rings. The number of esters is 2. The quantitative estimate of drug-likeness (QED) is 0.0559. The molecule has 6 aliphatic rings. The first-order valence-corrected chi connectivity index (χ1v) is 30.7. The summed E-state index contributed by atoms with van der Waals surface area (Å²) in [5.74, 6) is -4.18. The minimum atomic E-state index is -1.01. The second kappa shape index (κ2) is 34.0. The zero-order valence-corrected chi connectivity index (χ0v) is 53.8. The first-order chi connectivity index (χ1) is 40.9. The van der Waals surface area contributed by atoms with Gasteiger partial charge in [0.05, 0.1) is 14.7 Å². The number of hydrogen-bond acceptors (Lipinski definition) is 20. The summed E-state index contributed by atoms with van der Waals surface area (Å²) in [6.45, 7) is 17.7. The SMILES string of the molecule is CC(C)C[C@@H](N)C(=O)Oc1cc(F)ccc1/C=C1/SC(N2CCCCN2)=NC1=O.CC(C)C[C@H](NC(=O)OC(C)(C)C)C(=O)Oc1cc(F)ccc1/C=C1/SC(N2CCCCN2)=NC1=O.Cl.Cl.O=C1N=C(N2CCCCN2)S/C1=C\c1ccc(F)cc1O. The predicted molar refractivity (Wildman–Crippen MR) is 343 cm³/mol. The van der Waals surface area contributed by atoms with Crippen molar-refractivity contribution in [3.05, 3.63) is 103 Å². The standard InChI is InChI=1S/C25H33FN4O5S.C20H25FN4O3S.C14H14FN3O2S.2ClH/c1-15(2)12-18(28-24(33)35-25(3,4)5)22(32)34-19-14-17(26)9-8-16(19)13-20-21(31)29-23(36-20)30-11-7-6-10-27-30;1-12(2)9-15(22)19(27)28-16-11-14(21)6-5-13(16)10-17-18(26)24-20(29-17)25-8-4-3-7-23-25;15-10-4-3-9(11(19)8-10)7-12-13(20)17-14(21-12)18-6-2-1-5-16-18;;/h8-9,13-15,18,27H,6-7,10-12H2,1-5H3,(H,28,33);5-6,10-12,15,23H,3-4,7-9,22H2,1-2H3;3-4,7-8,16,19H,1-2,5-6H2;2*1H/b20-13+;17-10+;12-7-;;/t18-;15-;;;/m01.../s1. The van der Waals surface area contributed by atoms with E-state index in [1.54, 1.807) is 26.8 Å². The maximum atomic E-state index is 14.1. The number of hydrogen-bond donors (Lipinski definition) is 6. The number of aromatic hydroxyl groups is 1. The number of amides is 4. The van der Waals surface area contributed by atoms with Gasteiger partial charge in [-0.15, -0.1) is 24.8 Å². The number of ether oxygens (including phenoxy) is 3. The van der Waals surface area contributed by atoms with Gasteiger partial charge in [0.25, 0.3) is 17.7 Å². The van der Waals surface area contributed by atoms with Gasteiger partial charge in [0.15, 0.2) is 15.5 Å². The van der Waals surface area contributed by atoms with E-state index in [0.717, 1.165) is 96.0 Å². The molecule has 29 heteroatoms. The van der Waals surface area contributed by atoms with Gasteiger partial charge in [-0.25, -0.2) is 43.8 Å². The number of hydrazine groups is 3. The number of nitrogens with one attached hydrogen (secondary N) is 4. The third-order valence-electron chi connectivity index (χ3n) is 12.8. The molecule has 0 bridgehead atoms. The lowest BCUT2D eigenvalue weighted by Gasteiger charge is -2.28. The van der Waals surface area contributed by atoms with Crippen LogP contribution in [0.25, 0.3) is 18.2 Å². The lowest BCUT2D eigenvalue weighted by Crippen LogP contribution is -2.45. The monoisotopic (exact) mass is 1320 g/mol. The van der Waals surface area contributed by atoms with Gasteiger partial charge in [-0.2, -0.15) is 15.0 Å². The summed E-state index contributed by atoms with van der Waals surface area (Å²) in [6, 6.07) is 9.41. The van der Waals surface area contributed by atoms with Crippen molar-refractivity contribution in [3.63, 3.8) is 0 Å². The number of aliphatic imine (C=N–C) groups is 3. The number of nitrogens with two attached hydrogens (primary N) is 1.